The molecule has 1 amide bonds. The summed E-state index contributed by atoms with van der Waals surface area (Å²) in [4.78, 5) is 11.6. The van der Waals surface area contributed by atoms with Crippen LogP contribution in [0.2, 0.25) is 0 Å². The number of sulfone groups is 1. The number of rotatable bonds is 5. The first kappa shape index (κ1) is 14.4. The number of aliphatic hydroxyl groups excluding tert-OH is 1. The van der Waals surface area contributed by atoms with Crippen molar-refractivity contribution in [2.75, 3.05) is 18.6 Å². The molecule has 2 atom stereocenters. The summed E-state index contributed by atoms with van der Waals surface area (Å²) >= 11 is 0. The lowest BCUT2D eigenvalue weighted by atomic mass is 9.85. The Bertz CT molecular complexity index is 352. The molecule has 1 rings (SSSR count). The van der Waals surface area contributed by atoms with Crippen LogP contribution in [0.5, 0.6) is 0 Å². The quantitative estimate of drug-likeness (QED) is 0.736. The van der Waals surface area contributed by atoms with Crippen LogP contribution in [0.15, 0.2) is 0 Å². The van der Waals surface area contributed by atoms with E-state index in [1.807, 2.05) is 0 Å². The molecule has 0 bridgehead atoms. The second kappa shape index (κ2) is 6.35. The van der Waals surface area contributed by atoms with Crippen LogP contribution in [-0.2, 0) is 14.6 Å². The fourth-order valence-corrected chi connectivity index (χ4v) is 2.73. The summed E-state index contributed by atoms with van der Waals surface area (Å²) < 4.78 is 21.9. The average molecular weight is 263 g/mol. The van der Waals surface area contributed by atoms with Crippen LogP contribution in [0.1, 0.15) is 32.1 Å². The maximum atomic E-state index is 11.6. The van der Waals surface area contributed by atoms with Gasteiger partial charge in [-0.3, -0.25) is 4.79 Å². The van der Waals surface area contributed by atoms with Gasteiger partial charge in [0.2, 0.25) is 5.91 Å². The molecule has 0 radical (unpaired) electrons. The van der Waals surface area contributed by atoms with E-state index in [4.69, 9.17) is 0 Å². The van der Waals surface area contributed by atoms with Gasteiger partial charge in [-0.2, -0.15) is 0 Å². The van der Waals surface area contributed by atoms with Gasteiger partial charge in [0.1, 0.15) is 9.84 Å². The Morgan fingerprint density at radius 3 is 2.59 bits per heavy atom. The Kier molecular flexibility index (Phi) is 5.39. The number of hydrogen-bond acceptors (Lipinski definition) is 4. The minimum Gasteiger partial charge on any atom is -0.396 e. The van der Waals surface area contributed by atoms with Gasteiger partial charge < -0.3 is 10.4 Å². The molecule has 0 saturated heterocycles. The summed E-state index contributed by atoms with van der Waals surface area (Å²) in [7, 11) is -3.09. The fourth-order valence-electron chi connectivity index (χ4n) is 2.17. The monoisotopic (exact) mass is 263 g/mol. The van der Waals surface area contributed by atoms with Crippen molar-refractivity contribution in [2.24, 2.45) is 5.92 Å². The highest BCUT2D eigenvalue weighted by Gasteiger charge is 2.25. The topological polar surface area (TPSA) is 83.5 Å². The normalized spacial score (nSPS) is 25.5. The SMILES string of the molecule is CS(=O)(=O)CCC(=O)NC1CCCCC1CO. The third kappa shape index (κ3) is 5.50. The van der Waals surface area contributed by atoms with E-state index in [1.54, 1.807) is 0 Å². The fraction of sp³-hybridized carbons (Fsp3) is 0.909. The molecule has 0 aromatic heterocycles. The maximum Gasteiger partial charge on any atom is 0.221 e. The summed E-state index contributed by atoms with van der Waals surface area (Å²) in [5.74, 6) is -0.235. The molecule has 100 valence electrons. The molecule has 0 spiro atoms. The number of hydrogen-bond donors (Lipinski definition) is 2. The third-order valence-electron chi connectivity index (χ3n) is 3.19. The molecular weight excluding hydrogens is 242 g/mol. The standard InChI is InChI=1S/C11H21NO4S/c1-17(15,16)7-6-11(14)12-10-5-3-2-4-9(10)8-13/h9-10,13H,2-8H2,1H3,(H,12,14). The van der Waals surface area contributed by atoms with E-state index in [-0.39, 0.29) is 36.6 Å². The first-order valence-electron chi connectivity index (χ1n) is 6.00. The highest BCUT2D eigenvalue weighted by atomic mass is 32.2. The Morgan fingerprint density at radius 2 is 2.00 bits per heavy atom. The van der Waals surface area contributed by atoms with Gasteiger partial charge in [-0.15, -0.1) is 0 Å². The highest BCUT2D eigenvalue weighted by molar-refractivity contribution is 7.90. The van der Waals surface area contributed by atoms with Gasteiger partial charge in [-0.05, 0) is 12.8 Å². The van der Waals surface area contributed by atoms with E-state index >= 15 is 0 Å². The summed E-state index contributed by atoms with van der Waals surface area (Å²) in [6.45, 7) is 0.0804. The van der Waals surface area contributed by atoms with Crippen molar-refractivity contribution in [3.05, 3.63) is 0 Å². The molecule has 17 heavy (non-hydrogen) atoms. The Balaban J connectivity index is 2.38. The molecule has 5 nitrogen and oxygen atoms in total. The lowest BCUT2D eigenvalue weighted by molar-refractivity contribution is -0.122. The smallest absolute Gasteiger partial charge is 0.221 e. The lowest BCUT2D eigenvalue weighted by Crippen LogP contribution is -2.43. The molecule has 0 aromatic rings. The molecule has 2 unspecified atom stereocenters. The molecule has 6 heteroatoms. The molecule has 1 saturated carbocycles. The average Bonchev–Trinajstić information content (AvgIpc) is 2.26. The van der Waals surface area contributed by atoms with Gasteiger partial charge >= 0.3 is 0 Å². The summed E-state index contributed by atoms with van der Waals surface area (Å²) in [6, 6.07) is 0.000750. The first-order chi connectivity index (χ1) is 7.92. The van der Waals surface area contributed by atoms with Gasteiger partial charge in [-0.25, -0.2) is 8.42 Å². The predicted molar refractivity (Wildman–Crippen MR) is 65.3 cm³/mol. The molecule has 1 fully saturated rings. The van der Waals surface area contributed by atoms with Crippen LogP contribution in [0.25, 0.3) is 0 Å². The second-order valence-electron chi connectivity index (χ2n) is 4.78. The van der Waals surface area contributed by atoms with E-state index in [1.165, 1.54) is 0 Å². The van der Waals surface area contributed by atoms with E-state index in [0.29, 0.717) is 0 Å². The van der Waals surface area contributed by atoms with Crippen LogP contribution in [0, 0.1) is 5.92 Å². The van der Waals surface area contributed by atoms with Gasteiger partial charge in [0.25, 0.3) is 0 Å². The van der Waals surface area contributed by atoms with Gasteiger partial charge in [0.05, 0.1) is 5.75 Å². The van der Waals surface area contributed by atoms with E-state index in [0.717, 1.165) is 31.9 Å². The van der Waals surface area contributed by atoms with Crippen LogP contribution >= 0.6 is 0 Å². The third-order valence-corrected chi connectivity index (χ3v) is 4.14. The van der Waals surface area contributed by atoms with Crippen molar-refractivity contribution < 1.29 is 18.3 Å². The van der Waals surface area contributed by atoms with Crippen molar-refractivity contribution in [3.8, 4) is 0 Å². The minimum atomic E-state index is -3.09. The predicted octanol–water partition coefficient (Wildman–Crippen LogP) is 0.0884. The van der Waals surface area contributed by atoms with Crippen molar-refractivity contribution in [2.45, 2.75) is 38.1 Å². The minimum absolute atomic E-state index is 0.000750. The molecule has 1 aliphatic carbocycles. The Labute approximate surface area is 103 Å². The number of nitrogens with one attached hydrogen (secondary N) is 1. The van der Waals surface area contributed by atoms with E-state index in [2.05, 4.69) is 5.32 Å². The summed E-state index contributed by atoms with van der Waals surface area (Å²) in [6.07, 6.45) is 5.06. The van der Waals surface area contributed by atoms with Crippen LogP contribution in [-0.4, -0.2) is 44.1 Å². The zero-order valence-corrected chi connectivity index (χ0v) is 11.0. The van der Waals surface area contributed by atoms with Gasteiger partial charge in [0.15, 0.2) is 0 Å². The Hall–Kier alpha value is -0.620. The summed E-state index contributed by atoms with van der Waals surface area (Å²) in [5, 5.41) is 12.0. The van der Waals surface area contributed by atoms with Crippen molar-refractivity contribution >= 4 is 15.7 Å². The Morgan fingerprint density at radius 1 is 1.35 bits per heavy atom. The number of carbonyl (C=O) groups excluding carboxylic acids is 1. The number of aliphatic hydroxyl groups is 1. The van der Waals surface area contributed by atoms with Crippen LogP contribution < -0.4 is 5.32 Å². The van der Waals surface area contributed by atoms with Crippen LogP contribution in [0.4, 0.5) is 0 Å². The first-order valence-corrected chi connectivity index (χ1v) is 8.06. The van der Waals surface area contributed by atoms with Crippen molar-refractivity contribution in [1.82, 2.24) is 5.32 Å². The zero-order chi connectivity index (χ0) is 12.9. The molecule has 1 aliphatic rings. The van der Waals surface area contributed by atoms with Gasteiger partial charge in [-0.1, -0.05) is 12.8 Å². The molecular formula is C11H21NO4S. The second-order valence-corrected chi connectivity index (χ2v) is 7.04. The highest BCUT2D eigenvalue weighted by Crippen LogP contribution is 2.23. The van der Waals surface area contributed by atoms with E-state index < -0.39 is 9.84 Å². The van der Waals surface area contributed by atoms with Crippen molar-refractivity contribution in [1.29, 1.82) is 0 Å². The largest absolute Gasteiger partial charge is 0.396 e. The molecule has 0 heterocycles. The molecule has 0 aromatic carbocycles. The number of carbonyl (C=O) groups is 1. The van der Waals surface area contributed by atoms with Crippen molar-refractivity contribution in [3.63, 3.8) is 0 Å². The molecule has 0 aliphatic heterocycles. The lowest BCUT2D eigenvalue weighted by Gasteiger charge is -2.30. The number of amides is 1. The zero-order valence-electron chi connectivity index (χ0n) is 10.2. The molecule has 2 N–H and O–H groups in total. The van der Waals surface area contributed by atoms with Crippen LogP contribution in [0.3, 0.4) is 0 Å². The van der Waals surface area contributed by atoms with Gasteiger partial charge in [0, 0.05) is 31.2 Å². The van der Waals surface area contributed by atoms with E-state index in [9.17, 15) is 18.3 Å². The maximum absolute atomic E-state index is 11.6. The summed E-state index contributed by atoms with van der Waals surface area (Å²) in [5.41, 5.74) is 0.